The molecule has 0 aliphatic heterocycles. The van der Waals surface area contributed by atoms with Crippen LogP contribution in [0, 0.1) is 0 Å². The predicted molar refractivity (Wildman–Crippen MR) is 69.2 cm³/mol. The summed E-state index contributed by atoms with van der Waals surface area (Å²) >= 11 is 0. The lowest BCUT2D eigenvalue weighted by Crippen LogP contribution is -2.14. The Balaban J connectivity index is 2.34. The van der Waals surface area contributed by atoms with Crippen LogP contribution in [0.25, 0.3) is 0 Å². The van der Waals surface area contributed by atoms with Crippen molar-refractivity contribution in [2.24, 2.45) is 0 Å². The molecule has 2 radical (unpaired) electrons. The molecule has 0 saturated carbocycles. The van der Waals surface area contributed by atoms with Crippen molar-refractivity contribution in [1.29, 1.82) is 0 Å². The van der Waals surface area contributed by atoms with E-state index in [9.17, 15) is 8.42 Å². The fourth-order valence-electron chi connectivity index (χ4n) is 1.58. The molecule has 0 heterocycles. The third-order valence-corrected chi connectivity index (χ3v) is 4.18. The molecule has 17 heavy (non-hydrogen) atoms. The van der Waals surface area contributed by atoms with Gasteiger partial charge in [0.05, 0.1) is 10.6 Å². The van der Waals surface area contributed by atoms with Crippen molar-refractivity contribution in [2.45, 2.75) is 10.6 Å². The van der Waals surface area contributed by atoms with Gasteiger partial charge in [-0.3, -0.25) is 0 Å². The summed E-state index contributed by atoms with van der Waals surface area (Å²) < 4.78 is 24.2. The lowest BCUT2D eigenvalue weighted by molar-refractivity contribution is 0.595. The van der Waals surface area contributed by atoms with E-state index in [0.717, 1.165) is 0 Å². The van der Waals surface area contributed by atoms with Crippen molar-refractivity contribution in [3.8, 4) is 0 Å². The maximum Gasteiger partial charge on any atom is 0.182 e. The highest BCUT2D eigenvalue weighted by Crippen LogP contribution is 2.14. The van der Waals surface area contributed by atoms with Crippen LogP contribution in [0.3, 0.4) is 0 Å². The van der Waals surface area contributed by atoms with Crippen molar-refractivity contribution in [3.05, 3.63) is 60.2 Å². The van der Waals surface area contributed by atoms with Gasteiger partial charge in [0.25, 0.3) is 0 Å². The third kappa shape index (κ3) is 2.77. The molecule has 0 amide bonds. The van der Waals surface area contributed by atoms with Gasteiger partial charge >= 0.3 is 0 Å². The van der Waals surface area contributed by atoms with Crippen LogP contribution in [0.15, 0.2) is 59.5 Å². The molecule has 2 aromatic rings. The molecule has 0 fully saturated rings. The van der Waals surface area contributed by atoms with Gasteiger partial charge in [-0.05, 0) is 17.7 Å². The maximum atomic E-state index is 12.1. The van der Waals surface area contributed by atoms with E-state index in [2.05, 4.69) is 0 Å². The van der Waals surface area contributed by atoms with Crippen LogP contribution < -0.4 is 5.46 Å². The van der Waals surface area contributed by atoms with Crippen LogP contribution in [-0.4, -0.2) is 16.3 Å². The minimum absolute atomic E-state index is 0.0658. The van der Waals surface area contributed by atoms with Gasteiger partial charge in [-0.2, -0.15) is 0 Å². The molecule has 0 atom stereocenters. The fourth-order valence-corrected chi connectivity index (χ4v) is 2.99. The summed E-state index contributed by atoms with van der Waals surface area (Å²) in [6.45, 7) is 0. The van der Waals surface area contributed by atoms with E-state index in [1.54, 1.807) is 54.6 Å². The SMILES string of the molecule is [B]c1ccccc1CS(=O)(=O)c1ccccc1. The van der Waals surface area contributed by atoms with Gasteiger partial charge in [-0.15, -0.1) is 0 Å². The number of hydrogen-bond acceptors (Lipinski definition) is 2. The van der Waals surface area contributed by atoms with Gasteiger partial charge in [-0.25, -0.2) is 8.42 Å². The molecular formula is C13H11BO2S. The molecule has 4 heteroatoms. The van der Waals surface area contributed by atoms with Crippen LogP contribution in [0.2, 0.25) is 0 Å². The van der Waals surface area contributed by atoms with Crippen molar-refractivity contribution in [1.82, 2.24) is 0 Å². The van der Waals surface area contributed by atoms with Crippen LogP contribution in [-0.2, 0) is 15.6 Å². The van der Waals surface area contributed by atoms with Crippen molar-refractivity contribution >= 4 is 23.1 Å². The molecular weight excluding hydrogens is 231 g/mol. The standard InChI is InChI=1S/C13H11BO2S/c14-13-9-5-4-6-11(13)10-17(15,16)12-7-2-1-3-8-12/h1-9H,10H2. The Hall–Kier alpha value is -1.55. The second-order valence-corrected chi connectivity index (χ2v) is 5.76. The highest BCUT2D eigenvalue weighted by Gasteiger charge is 2.15. The molecule has 2 nitrogen and oxygen atoms in total. The largest absolute Gasteiger partial charge is 0.223 e. The van der Waals surface area contributed by atoms with E-state index in [4.69, 9.17) is 7.85 Å². The molecule has 0 spiro atoms. The van der Waals surface area contributed by atoms with E-state index in [-0.39, 0.29) is 5.75 Å². The zero-order valence-corrected chi connectivity index (χ0v) is 10.0. The fraction of sp³-hybridized carbons (Fsp3) is 0.0769. The van der Waals surface area contributed by atoms with Crippen LogP contribution in [0.5, 0.6) is 0 Å². The van der Waals surface area contributed by atoms with Crippen molar-refractivity contribution in [3.63, 3.8) is 0 Å². The van der Waals surface area contributed by atoms with Crippen LogP contribution >= 0.6 is 0 Å². The molecule has 0 aromatic heterocycles. The topological polar surface area (TPSA) is 34.1 Å². The average Bonchev–Trinajstić information content (AvgIpc) is 2.33. The number of sulfone groups is 1. The van der Waals surface area contributed by atoms with E-state index < -0.39 is 9.84 Å². The van der Waals surface area contributed by atoms with Crippen molar-refractivity contribution in [2.75, 3.05) is 0 Å². The molecule has 0 N–H and O–H groups in total. The monoisotopic (exact) mass is 242 g/mol. The van der Waals surface area contributed by atoms with Gasteiger partial charge in [0.15, 0.2) is 9.84 Å². The van der Waals surface area contributed by atoms with E-state index in [0.29, 0.717) is 15.9 Å². The van der Waals surface area contributed by atoms with E-state index in [1.807, 2.05) is 0 Å². The summed E-state index contributed by atoms with van der Waals surface area (Å²) in [6.07, 6.45) is 0. The first-order valence-electron chi connectivity index (χ1n) is 5.21. The molecule has 2 aromatic carbocycles. The van der Waals surface area contributed by atoms with Gasteiger partial charge in [0.1, 0.15) is 7.85 Å². The Morgan fingerprint density at radius 2 is 1.47 bits per heavy atom. The van der Waals surface area contributed by atoms with Crippen LogP contribution in [0.4, 0.5) is 0 Å². The molecule has 0 saturated heterocycles. The lowest BCUT2D eigenvalue weighted by atomic mass is 9.92. The number of benzene rings is 2. The molecule has 0 unspecified atom stereocenters. The molecule has 0 bridgehead atoms. The molecule has 84 valence electrons. The zero-order chi connectivity index (χ0) is 12.3. The summed E-state index contributed by atoms with van der Waals surface area (Å²) in [5.41, 5.74) is 1.14. The van der Waals surface area contributed by atoms with E-state index >= 15 is 0 Å². The van der Waals surface area contributed by atoms with Gasteiger partial charge in [0.2, 0.25) is 0 Å². The van der Waals surface area contributed by atoms with Gasteiger partial charge < -0.3 is 0 Å². The first kappa shape index (κ1) is 11.9. The molecule has 2 rings (SSSR count). The Morgan fingerprint density at radius 3 is 2.12 bits per heavy atom. The minimum Gasteiger partial charge on any atom is -0.223 e. The van der Waals surface area contributed by atoms with Gasteiger partial charge in [0, 0.05) is 0 Å². The Morgan fingerprint density at radius 1 is 0.882 bits per heavy atom. The lowest BCUT2D eigenvalue weighted by Gasteiger charge is -2.07. The maximum absolute atomic E-state index is 12.1. The van der Waals surface area contributed by atoms with Crippen molar-refractivity contribution < 1.29 is 8.42 Å². The highest BCUT2D eigenvalue weighted by atomic mass is 32.2. The Kier molecular flexibility index (Phi) is 3.34. The summed E-state index contributed by atoms with van der Waals surface area (Å²) in [5.74, 6) is -0.0658. The second-order valence-electron chi connectivity index (χ2n) is 3.77. The Bertz CT molecular complexity index is 606. The highest BCUT2D eigenvalue weighted by molar-refractivity contribution is 7.90. The predicted octanol–water partition coefficient (Wildman–Crippen LogP) is 1.45. The quantitative estimate of drug-likeness (QED) is 0.763. The van der Waals surface area contributed by atoms with Crippen LogP contribution in [0.1, 0.15) is 5.56 Å². The first-order valence-corrected chi connectivity index (χ1v) is 6.86. The summed E-state index contributed by atoms with van der Waals surface area (Å²) in [4.78, 5) is 0.322. The molecule has 0 aliphatic carbocycles. The Labute approximate surface area is 103 Å². The summed E-state index contributed by atoms with van der Waals surface area (Å²) in [5, 5.41) is 0. The average molecular weight is 242 g/mol. The molecule has 0 aliphatic rings. The second kappa shape index (κ2) is 4.76. The zero-order valence-electron chi connectivity index (χ0n) is 9.21. The van der Waals surface area contributed by atoms with Gasteiger partial charge in [-0.1, -0.05) is 47.9 Å². The minimum atomic E-state index is -3.32. The summed E-state index contributed by atoms with van der Waals surface area (Å²) in [6, 6.07) is 15.4. The third-order valence-electron chi connectivity index (χ3n) is 2.50. The normalized spacial score (nSPS) is 11.3. The number of hydrogen-bond donors (Lipinski definition) is 0. The summed E-state index contributed by atoms with van der Waals surface area (Å²) in [7, 11) is 2.43. The smallest absolute Gasteiger partial charge is 0.182 e. The first-order chi connectivity index (χ1) is 8.09. The van der Waals surface area contributed by atoms with E-state index in [1.165, 1.54) is 0 Å². The number of rotatable bonds is 3.